The molecule has 3 saturated heterocycles. The van der Waals surface area contributed by atoms with Gasteiger partial charge < -0.3 is 29.2 Å². The van der Waals surface area contributed by atoms with Crippen LogP contribution in [0, 0.1) is 5.41 Å². The molecule has 2 N–H and O–H groups in total. The summed E-state index contributed by atoms with van der Waals surface area (Å²) in [6.45, 7) is 10.6. The molecule has 0 amide bonds. The minimum absolute atomic E-state index is 0.0817. The van der Waals surface area contributed by atoms with E-state index in [1.54, 1.807) is 27.7 Å². The zero-order valence-corrected chi connectivity index (χ0v) is 16.4. The first kappa shape index (κ1) is 19.6. The lowest BCUT2D eigenvalue weighted by atomic mass is 9.72. The number of epoxide rings is 1. The van der Waals surface area contributed by atoms with E-state index in [1.807, 2.05) is 6.08 Å². The van der Waals surface area contributed by atoms with Crippen molar-refractivity contribution in [2.75, 3.05) is 0 Å². The molecule has 28 heavy (non-hydrogen) atoms. The molecule has 3 heterocycles. The average Bonchev–Trinajstić information content (AvgIpc) is 3.10. The molecule has 0 spiro atoms. The second-order valence-corrected chi connectivity index (χ2v) is 8.66. The highest BCUT2D eigenvalue weighted by molar-refractivity contribution is 5.94. The number of carbonyl (C=O) groups excluding carboxylic acids is 2. The van der Waals surface area contributed by atoms with Crippen molar-refractivity contribution in [3.63, 3.8) is 0 Å². The summed E-state index contributed by atoms with van der Waals surface area (Å²) < 4.78 is 22.5. The Balaban J connectivity index is 1.83. The first-order chi connectivity index (χ1) is 13.0. The highest BCUT2D eigenvalue weighted by Crippen LogP contribution is 2.58. The minimum Gasteiger partial charge on any atom is -0.455 e. The van der Waals surface area contributed by atoms with E-state index in [4.69, 9.17) is 18.9 Å². The van der Waals surface area contributed by atoms with E-state index in [2.05, 4.69) is 6.58 Å². The van der Waals surface area contributed by atoms with Crippen molar-refractivity contribution >= 4 is 11.9 Å². The average molecular weight is 394 g/mol. The molecule has 0 aromatic carbocycles. The van der Waals surface area contributed by atoms with Crippen LogP contribution in [-0.4, -0.2) is 64.1 Å². The van der Waals surface area contributed by atoms with Gasteiger partial charge in [-0.1, -0.05) is 19.6 Å². The van der Waals surface area contributed by atoms with E-state index in [0.717, 1.165) is 0 Å². The van der Waals surface area contributed by atoms with Crippen molar-refractivity contribution < 1.29 is 38.7 Å². The number of aliphatic hydroxyl groups excluding tert-OH is 2. The molecule has 154 valence electrons. The van der Waals surface area contributed by atoms with Gasteiger partial charge in [-0.15, -0.1) is 0 Å². The van der Waals surface area contributed by atoms with E-state index < -0.39 is 53.2 Å². The summed E-state index contributed by atoms with van der Waals surface area (Å²) in [5.74, 6) is -1.37. The second kappa shape index (κ2) is 5.89. The number of ether oxygens (including phenoxy) is 4. The van der Waals surface area contributed by atoms with Gasteiger partial charge in [0.15, 0.2) is 23.6 Å². The SMILES string of the molecule is C=C1C(=O)O[C@@H]2[C@]3(C)CC/C=C(/C)[C@@H](O)[C@@H](OC(=O)[C@@]4(C)O[C@H]4C)[C@@]12O[C@@H]3O. The molecule has 4 rings (SSSR count). The molecule has 0 aromatic heterocycles. The molecule has 8 nitrogen and oxygen atoms in total. The van der Waals surface area contributed by atoms with Crippen LogP contribution >= 0.6 is 0 Å². The topological polar surface area (TPSA) is 115 Å². The fraction of sp³-hybridized carbons (Fsp3) is 0.700. The van der Waals surface area contributed by atoms with E-state index in [0.29, 0.717) is 18.4 Å². The van der Waals surface area contributed by atoms with E-state index in [9.17, 15) is 19.8 Å². The largest absolute Gasteiger partial charge is 0.455 e. The standard InChI is InChI=1S/C20H26O8/c1-9-7-6-8-18(4)15-20(28-16(18)23,10(2)14(22)26-15)13(12(9)21)25-17(24)19(5)11(3)27-19/h7,11-13,15-16,21,23H,2,6,8H2,1,3-5H3/b9-7-/t11-,12+,13+,15+,16-,18-,19-,20-/m0/s1. The summed E-state index contributed by atoms with van der Waals surface area (Å²) in [6.07, 6.45) is -2.37. The van der Waals surface area contributed by atoms with Crippen LogP contribution in [0.2, 0.25) is 0 Å². The van der Waals surface area contributed by atoms with Crippen LogP contribution in [0.5, 0.6) is 0 Å². The number of esters is 2. The number of hydrogen-bond donors (Lipinski definition) is 2. The predicted octanol–water partition coefficient (Wildman–Crippen LogP) is 0.752. The lowest BCUT2D eigenvalue weighted by Crippen LogP contribution is -2.58. The number of aliphatic hydroxyl groups is 2. The quantitative estimate of drug-likeness (QED) is 0.305. The zero-order chi connectivity index (χ0) is 20.6. The van der Waals surface area contributed by atoms with Gasteiger partial charge in [0.25, 0.3) is 0 Å². The van der Waals surface area contributed by atoms with Crippen LogP contribution in [0.4, 0.5) is 0 Å². The van der Waals surface area contributed by atoms with Gasteiger partial charge in [-0.05, 0) is 39.2 Å². The summed E-state index contributed by atoms with van der Waals surface area (Å²) in [7, 11) is 0. The third-order valence-corrected chi connectivity index (χ3v) is 6.91. The third-order valence-electron chi connectivity index (χ3n) is 6.91. The first-order valence-electron chi connectivity index (χ1n) is 9.48. The summed E-state index contributed by atoms with van der Waals surface area (Å²) >= 11 is 0. The maximum absolute atomic E-state index is 12.8. The number of hydrogen-bond acceptors (Lipinski definition) is 8. The first-order valence-corrected chi connectivity index (χ1v) is 9.48. The summed E-state index contributed by atoms with van der Waals surface area (Å²) in [5.41, 5.74) is -3.28. The van der Waals surface area contributed by atoms with Crippen molar-refractivity contribution in [1.29, 1.82) is 0 Å². The molecule has 0 radical (unpaired) electrons. The van der Waals surface area contributed by atoms with Gasteiger partial charge in [0.2, 0.25) is 0 Å². The van der Waals surface area contributed by atoms with Crippen LogP contribution in [0.3, 0.4) is 0 Å². The summed E-state index contributed by atoms with van der Waals surface area (Å²) in [5, 5.41) is 21.7. The summed E-state index contributed by atoms with van der Waals surface area (Å²) in [6, 6.07) is 0. The Morgan fingerprint density at radius 3 is 2.57 bits per heavy atom. The van der Waals surface area contributed by atoms with E-state index >= 15 is 0 Å². The molecule has 8 heteroatoms. The Hall–Kier alpha value is -1.74. The van der Waals surface area contributed by atoms with Crippen molar-refractivity contribution in [2.45, 2.75) is 82.4 Å². The third kappa shape index (κ3) is 2.32. The van der Waals surface area contributed by atoms with Crippen LogP contribution in [-0.2, 0) is 28.5 Å². The fourth-order valence-corrected chi connectivity index (χ4v) is 4.57. The highest BCUT2D eigenvalue weighted by Gasteiger charge is 2.74. The summed E-state index contributed by atoms with van der Waals surface area (Å²) in [4.78, 5) is 25.2. The fourth-order valence-electron chi connectivity index (χ4n) is 4.57. The molecule has 0 aromatic rings. The van der Waals surface area contributed by atoms with Gasteiger partial charge in [0.1, 0.15) is 12.2 Å². The molecular formula is C20H26O8. The molecule has 0 unspecified atom stereocenters. The van der Waals surface area contributed by atoms with Crippen molar-refractivity contribution in [3.8, 4) is 0 Å². The Kier molecular flexibility index (Phi) is 4.11. The van der Waals surface area contributed by atoms with Crippen LogP contribution in [0.25, 0.3) is 0 Å². The molecule has 0 saturated carbocycles. The smallest absolute Gasteiger partial charge is 0.341 e. The minimum atomic E-state index is -1.69. The van der Waals surface area contributed by atoms with Gasteiger partial charge >= 0.3 is 11.9 Å². The van der Waals surface area contributed by atoms with Gasteiger partial charge in [0, 0.05) is 0 Å². The predicted molar refractivity (Wildman–Crippen MR) is 94.8 cm³/mol. The molecule has 3 fully saturated rings. The van der Waals surface area contributed by atoms with E-state index in [1.165, 1.54) is 0 Å². The van der Waals surface area contributed by atoms with Crippen LogP contribution in [0.15, 0.2) is 23.8 Å². The van der Waals surface area contributed by atoms with Gasteiger partial charge in [-0.2, -0.15) is 0 Å². The van der Waals surface area contributed by atoms with Crippen LogP contribution < -0.4 is 0 Å². The maximum atomic E-state index is 12.8. The molecule has 1 aliphatic carbocycles. The van der Waals surface area contributed by atoms with Crippen LogP contribution in [0.1, 0.15) is 40.5 Å². The number of carbonyl (C=O) groups is 2. The van der Waals surface area contributed by atoms with Gasteiger partial charge in [-0.3, -0.25) is 0 Å². The lowest BCUT2D eigenvalue weighted by molar-refractivity contribution is -0.208. The van der Waals surface area contributed by atoms with Crippen molar-refractivity contribution in [1.82, 2.24) is 0 Å². The lowest BCUT2D eigenvalue weighted by Gasteiger charge is -2.38. The maximum Gasteiger partial charge on any atom is 0.341 e. The highest BCUT2D eigenvalue weighted by atomic mass is 16.7. The zero-order valence-electron chi connectivity index (χ0n) is 16.4. The van der Waals surface area contributed by atoms with Gasteiger partial charge in [0.05, 0.1) is 17.1 Å². The Bertz CT molecular complexity index is 789. The Morgan fingerprint density at radius 1 is 1.32 bits per heavy atom. The Labute approximate surface area is 163 Å². The molecular weight excluding hydrogens is 368 g/mol. The normalized spacial score (nSPS) is 51.9. The molecule has 4 aliphatic rings. The number of rotatable bonds is 2. The monoisotopic (exact) mass is 394 g/mol. The Morgan fingerprint density at radius 2 is 1.96 bits per heavy atom. The van der Waals surface area contributed by atoms with Crippen molar-refractivity contribution in [3.05, 3.63) is 23.8 Å². The van der Waals surface area contributed by atoms with Gasteiger partial charge in [-0.25, -0.2) is 9.59 Å². The molecule has 3 aliphatic heterocycles. The number of allylic oxidation sites excluding steroid dienone is 1. The second-order valence-electron chi connectivity index (χ2n) is 8.66. The van der Waals surface area contributed by atoms with Crippen molar-refractivity contribution in [2.24, 2.45) is 5.41 Å². The molecule has 2 bridgehead atoms. The molecule has 8 atom stereocenters. The van der Waals surface area contributed by atoms with E-state index in [-0.39, 0.29) is 11.7 Å².